The van der Waals surface area contributed by atoms with E-state index in [1.54, 1.807) is 13.2 Å². The van der Waals surface area contributed by atoms with Crippen LogP contribution in [0, 0.1) is 19.3 Å². The van der Waals surface area contributed by atoms with Crippen LogP contribution in [0.5, 0.6) is 0 Å². The molecule has 0 heterocycles. The Bertz CT molecular complexity index is 507. The smallest absolute Gasteiger partial charge is 0.251 e. The molecule has 1 fully saturated rings. The normalized spacial score (nSPS) is 15.9. The van der Waals surface area contributed by atoms with E-state index in [1.165, 1.54) is 12.8 Å². The lowest BCUT2D eigenvalue weighted by Crippen LogP contribution is -2.31. The van der Waals surface area contributed by atoms with Crippen molar-refractivity contribution >= 4 is 11.6 Å². The molecule has 4 nitrogen and oxygen atoms in total. The van der Waals surface area contributed by atoms with Gasteiger partial charge in [-0.2, -0.15) is 0 Å². The molecule has 1 aliphatic carbocycles. The number of nitrogen functional groups attached to an aromatic ring is 1. The Morgan fingerprint density at radius 3 is 2.65 bits per heavy atom. The number of ether oxygens (including phenoxy) is 1. The molecule has 1 amide bonds. The lowest BCUT2D eigenvalue weighted by atomic mass is 10.0. The van der Waals surface area contributed by atoms with Crippen molar-refractivity contribution in [3.05, 3.63) is 28.8 Å². The van der Waals surface area contributed by atoms with Crippen molar-refractivity contribution in [2.24, 2.45) is 5.41 Å². The number of methoxy groups -OCH3 is 1. The summed E-state index contributed by atoms with van der Waals surface area (Å²) in [5.74, 6) is -0.0297. The first kappa shape index (κ1) is 14.9. The Hall–Kier alpha value is -1.55. The number of hydrogen-bond donors (Lipinski definition) is 2. The van der Waals surface area contributed by atoms with E-state index >= 15 is 0 Å². The van der Waals surface area contributed by atoms with E-state index in [-0.39, 0.29) is 11.3 Å². The fraction of sp³-hybridized carbons (Fsp3) is 0.562. The number of amides is 1. The molecule has 0 atom stereocenters. The van der Waals surface area contributed by atoms with Gasteiger partial charge in [-0.15, -0.1) is 0 Å². The Labute approximate surface area is 120 Å². The van der Waals surface area contributed by atoms with Gasteiger partial charge in [0.25, 0.3) is 5.91 Å². The van der Waals surface area contributed by atoms with Gasteiger partial charge in [-0.25, -0.2) is 0 Å². The highest BCUT2D eigenvalue weighted by atomic mass is 16.5. The number of nitrogens with one attached hydrogen (secondary N) is 1. The van der Waals surface area contributed by atoms with Crippen LogP contribution in [0.2, 0.25) is 0 Å². The summed E-state index contributed by atoms with van der Waals surface area (Å²) in [7, 11) is 1.72. The summed E-state index contributed by atoms with van der Waals surface area (Å²) in [6.07, 6.45) is 3.36. The summed E-state index contributed by atoms with van der Waals surface area (Å²) < 4.78 is 5.13. The minimum Gasteiger partial charge on any atom is -0.398 e. The minimum atomic E-state index is -0.0297. The largest absolute Gasteiger partial charge is 0.398 e. The number of carbonyl (C=O) groups is 1. The molecule has 0 aromatic heterocycles. The Balaban J connectivity index is 1.97. The zero-order valence-corrected chi connectivity index (χ0v) is 12.6. The molecule has 0 bridgehead atoms. The molecule has 0 aliphatic heterocycles. The van der Waals surface area contributed by atoms with Gasteiger partial charge in [0.1, 0.15) is 0 Å². The van der Waals surface area contributed by atoms with Crippen LogP contribution < -0.4 is 11.1 Å². The van der Waals surface area contributed by atoms with Crippen molar-refractivity contribution in [3.63, 3.8) is 0 Å². The average molecular weight is 276 g/mol. The van der Waals surface area contributed by atoms with Crippen molar-refractivity contribution in [1.29, 1.82) is 0 Å². The van der Waals surface area contributed by atoms with Gasteiger partial charge < -0.3 is 15.8 Å². The second kappa shape index (κ2) is 5.83. The highest BCUT2D eigenvalue weighted by Gasteiger charge is 2.42. The third kappa shape index (κ3) is 3.31. The predicted molar refractivity (Wildman–Crippen MR) is 80.8 cm³/mol. The standard InChI is InChI=1S/C16H24N2O2/c1-11-8-12(2)14(17)9-13(11)15(19)18-10-16(4-5-16)6-7-20-3/h8-9H,4-7,10,17H2,1-3H3,(H,18,19). The highest BCUT2D eigenvalue weighted by Crippen LogP contribution is 2.48. The third-order valence-electron chi connectivity index (χ3n) is 4.28. The van der Waals surface area contributed by atoms with Crippen LogP contribution in [0.25, 0.3) is 0 Å². The van der Waals surface area contributed by atoms with Crippen LogP contribution in [-0.2, 0) is 4.74 Å². The molecule has 0 radical (unpaired) electrons. The summed E-state index contributed by atoms with van der Waals surface area (Å²) in [6, 6.07) is 3.73. The molecule has 20 heavy (non-hydrogen) atoms. The molecule has 0 unspecified atom stereocenters. The quantitative estimate of drug-likeness (QED) is 0.784. The zero-order valence-electron chi connectivity index (χ0n) is 12.6. The fourth-order valence-corrected chi connectivity index (χ4v) is 2.49. The summed E-state index contributed by atoms with van der Waals surface area (Å²) in [4.78, 5) is 12.3. The molecule has 1 saturated carbocycles. The van der Waals surface area contributed by atoms with Gasteiger partial charge in [0.15, 0.2) is 0 Å². The highest BCUT2D eigenvalue weighted by molar-refractivity contribution is 5.96. The van der Waals surface area contributed by atoms with Crippen molar-refractivity contribution < 1.29 is 9.53 Å². The summed E-state index contributed by atoms with van der Waals surface area (Å²) in [5.41, 5.74) is 9.48. The molecule has 0 spiro atoms. The maximum atomic E-state index is 12.3. The molecule has 110 valence electrons. The van der Waals surface area contributed by atoms with E-state index in [1.807, 2.05) is 19.9 Å². The van der Waals surface area contributed by atoms with Gasteiger partial charge >= 0.3 is 0 Å². The van der Waals surface area contributed by atoms with Gasteiger partial charge in [0, 0.05) is 31.5 Å². The van der Waals surface area contributed by atoms with Gasteiger partial charge in [0.05, 0.1) is 0 Å². The Morgan fingerprint density at radius 2 is 2.05 bits per heavy atom. The van der Waals surface area contributed by atoms with Crippen LogP contribution in [-0.4, -0.2) is 26.2 Å². The molecule has 1 aromatic carbocycles. The van der Waals surface area contributed by atoms with Crippen molar-refractivity contribution in [1.82, 2.24) is 5.32 Å². The molecule has 4 heteroatoms. The van der Waals surface area contributed by atoms with Crippen molar-refractivity contribution in [2.45, 2.75) is 33.1 Å². The maximum absolute atomic E-state index is 12.3. The number of carbonyl (C=O) groups excluding carboxylic acids is 1. The maximum Gasteiger partial charge on any atom is 0.251 e. The van der Waals surface area contributed by atoms with E-state index < -0.39 is 0 Å². The first-order valence-electron chi connectivity index (χ1n) is 7.11. The summed E-state index contributed by atoms with van der Waals surface area (Å²) in [6.45, 7) is 5.38. The number of hydrogen-bond acceptors (Lipinski definition) is 3. The molecule has 1 aromatic rings. The van der Waals surface area contributed by atoms with Crippen LogP contribution >= 0.6 is 0 Å². The van der Waals surface area contributed by atoms with Crippen LogP contribution in [0.15, 0.2) is 12.1 Å². The number of benzene rings is 1. The van der Waals surface area contributed by atoms with Gasteiger partial charge in [-0.3, -0.25) is 4.79 Å². The summed E-state index contributed by atoms with van der Waals surface area (Å²) >= 11 is 0. The van der Waals surface area contributed by atoms with E-state index in [9.17, 15) is 4.79 Å². The van der Waals surface area contributed by atoms with E-state index in [0.29, 0.717) is 11.3 Å². The second-order valence-electron chi connectivity index (χ2n) is 5.95. The zero-order chi connectivity index (χ0) is 14.8. The molecule has 1 aliphatic rings. The first-order valence-corrected chi connectivity index (χ1v) is 7.11. The van der Waals surface area contributed by atoms with Crippen LogP contribution in [0.4, 0.5) is 5.69 Å². The van der Waals surface area contributed by atoms with Gasteiger partial charge in [-0.05, 0) is 55.7 Å². The van der Waals surface area contributed by atoms with E-state index in [0.717, 1.165) is 30.7 Å². The number of aryl methyl sites for hydroxylation is 2. The first-order chi connectivity index (χ1) is 9.47. The minimum absolute atomic E-state index is 0.0297. The number of anilines is 1. The lowest BCUT2D eigenvalue weighted by molar-refractivity contribution is 0.0937. The average Bonchev–Trinajstić information content (AvgIpc) is 3.18. The predicted octanol–water partition coefficient (Wildman–Crippen LogP) is 2.43. The number of rotatable bonds is 6. The van der Waals surface area contributed by atoms with Crippen molar-refractivity contribution in [2.75, 3.05) is 26.0 Å². The van der Waals surface area contributed by atoms with Crippen LogP contribution in [0.1, 0.15) is 40.7 Å². The number of nitrogens with two attached hydrogens (primary N) is 1. The second-order valence-corrected chi connectivity index (χ2v) is 5.95. The lowest BCUT2D eigenvalue weighted by Gasteiger charge is -2.16. The van der Waals surface area contributed by atoms with E-state index in [2.05, 4.69) is 5.32 Å². The van der Waals surface area contributed by atoms with E-state index in [4.69, 9.17) is 10.5 Å². The molecular formula is C16H24N2O2. The molecule has 2 rings (SSSR count). The SMILES string of the molecule is COCCC1(CNC(=O)c2cc(N)c(C)cc2C)CC1. The van der Waals surface area contributed by atoms with Gasteiger partial charge in [0.2, 0.25) is 0 Å². The van der Waals surface area contributed by atoms with Crippen molar-refractivity contribution in [3.8, 4) is 0 Å². The molecule has 3 N–H and O–H groups in total. The molecule has 0 saturated heterocycles. The fourth-order valence-electron chi connectivity index (χ4n) is 2.49. The van der Waals surface area contributed by atoms with Crippen LogP contribution in [0.3, 0.4) is 0 Å². The molecular weight excluding hydrogens is 252 g/mol. The summed E-state index contributed by atoms with van der Waals surface area (Å²) in [5, 5.41) is 3.05. The van der Waals surface area contributed by atoms with Gasteiger partial charge in [-0.1, -0.05) is 6.07 Å². The third-order valence-corrected chi connectivity index (χ3v) is 4.28. The Kier molecular flexibility index (Phi) is 4.33. The topological polar surface area (TPSA) is 64.3 Å². The Morgan fingerprint density at radius 1 is 1.35 bits per heavy atom. The monoisotopic (exact) mass is 276 g/mol.